The van der Waals surface area contributed by atoms with Crippen molar-refractivity contribution in [1.82, 2.24) is 4.90 Å². The van der Waals surface area contributed by atoms with Gasteiger partial charge in [-0.15, -0.1) is 0 Å². The fourth-order valence-electron chi connectivity index (χ4n) is 2.61. The van der Waals surface area contributed by atoms with E-state index in [9.17, 15) is 4.79 Å². The molecule has 0 aromatic heterocycles. The number of esters is 1. The molecule has 2 atom stereocenters. The highest BCUT2D eigenvalue weighted by atomic mass is 16.7. The van der Waals surface area contributed by atoms with Gasteiger partial charge in [-0.2, -0.15) is 0 Å². The Bertz CT molecular complexity index is 266. The quantitative estimate of drug-likeness (QED) is 0.704. The molecular formula is C13H23NO4. The molecule has 2 aliphatic heterocycles. The first kappa shape index (κ1) is 13.8. The standard InChI is InChI=1S/C13H23NO4/c1-2-17-13(15)11-4-3-6-14(8-11)9-12-5-7-16-10-18-12/h11-12H,2-10H2,1H3/t11-,12?/m0/s1. The lowest BCUT2D eigenvalue weighted by molar-refractivity contribution is -0.154. The largest absolute Gasteiger partial charge is 0.466 e. The molecule has 0 amide bonds. The Morgan fingerprint density at radius 3 is 3.06 bits per heavy atom. The molecule has 0 radical (unpaired) electrons. The maximum absolute atomic E-state index is 11.7. The highest BCUT2D eigenvalue weighted by molar-refractivity contribution is 5.72. The van der Waals surface area contributed by atoms with Crippen molar-refractivity contribution in [2.75, 3.05) is 39.6 Å². The van der Waals surface area contributed by atoms with Crippen molar-refractivity contribution in [2.24, 2.45) is 5.92 Å². The molecular weight excluding hydrogens is 234 g/mol. The summed E-state index contributed by atoms with van der Waals surface area (Å²) in [6, 6.07) is 0. The van der Waals surface area contributed by atoms with Crippen LogP contribution >= 0.6 is 0 Å². The topological polar surface area (TPSA) is 48.0 Å². The second-order valence-corrected chi connectivity index (χ2v) is 4.95. The molecule has 0 aromatic carbocycles. The first-order valence-corrected chi connectivity index (χ1v) is 6.88. The van der Waals surface area contributed by atoms with Gasteiger partial charge in [0.2, 0.25) is 0 Å². The number of hydrogen-bond donors (Lipinski definition) is 0. The molecule has 0 bridgehead atoms. The van der Waals surface area contributed by atoms with E-state index in [4.69, 9.17) is 14.2 Å². The van der Waals surface area contributed by atoms with Crippen LogP contribution < -0.4 is 0 Å². The Kier molecular flexibility index (Phi) is 5.41. The highest BCUT2D eigenvalue weighted by Gasteiger charge is 2.28. The summed E-state index contributed by atoms with van der Waals surface area (Å²) in [7, 11) is 0. The van der Waals surface area contributed by atoms with Gasteiger partial charge in [-0.25, -0.2) is 0 Å². The third-order valence-corrected chi connectivity index (χ3v) is 3.56. The number of nitrogens with zero attached hydrogens (tertiary/aromatic N) is 1. The fourth-order valence-corrected chi connectivity index (χ4v) is 2.61. The van der Waals surface area contributed by atoms with E-state index in [1.165, 1.54) is 0 Å². The van der Waals surface area contributed by atoms with E-state index in [0.717, 1.165) is 45.5 Å². The fraction of sp³-hybridized carbons (Fsp3) is 0.923. The normalized spacial score (nSPS) is 30.1. The molecule has 5 heteroatoms. The van der Waals surface area contributed by atoms with E-state index >= 15 is 0 Å². The zero-order chi connectivity index (χ0) is 12.8. The van der Waals surface area contributed by atoms with Crippen LogP contribution in [-0.2, 0) is 19.0 Å². The monoisotopic (exact) mass is 257 g/mol. The molecule has 0 spiro atoms. The Labute approximate surface area is 108 Å². The predicted octanol–water partition coefficient (Wildman–Crippen LogP) is 1.02. The van der Waals surface area contributed by atoms with Crippen LogP contribution in [0.2, 0.25) is 0 Å². The van der Waals surface area contributed by atoms with Gasteiger partial charge in [-0.1, -0.05) is 0 Å². The highest BCUT2D eigenvalue weighted by Crippen LogP contribution is 2.19. The second kappa shape index (κ2) is 7.07. The molecule has 18 heavy (non-hydrogen) atoms. The summed E-state index contributed by atoms with van der Waals surface area (Å²) in [6.45, 7) is 6.27. The lowest BCUT2D eigenvalue weighted by Crippen LogP contribution is -2.44. The van der Waals surface area contributed by atoms with Gasteiger partial charge in [0.15, 0.2) is 0 Å². The Morgan fingerprint density at radius 1 is 1.44 bits per heavy atom. The van der Waals surface area contributed by atoms with Crippen molar-refractivity contribution in [1.29, 1.82) is 0 Å². The average molecular weight is 257 g/mol. The molecule has 1 unspecified atom stereocenters. The lowest BCUT2D eigenvalue weighted by Gasteiger charge is -2.34. The third-order valence-electron chi connectivity index (χ3n) is 3.56. The molecule has 0 saturated carbocycles. The molecule has 2 fully saturated rings. The molecule has 104 valence electrons. The summed E-state index contributed by atoms with van der Waals surface area (Å²) in [5.41, 5.74) is 0. The minimum Gasteiger partial charge on any atom is -0.466 e. The maximum atomic E-state index is 11.7. The number of carbonyl (C=O) groups excluding carboxylic acids is 1. The number of piperidine rings is 1. The van der Waals surface area contributed by atoms with Crippen LogP contribution in [0.15, 0.2) is 0 Å². The summed E-state index contributed by atoms with van der Waals surface area (Å²) in [6.07, 6.45) is 3.21. The molecule has 0 aromatic rings. The van der Waals surface area contributed by atoms with E-state index in [0.29, 0.717) is 13.4 Å². The minimum absolute atomic E-state index is 0.0403. The molecule has 5 nitrogen and oxygen atoms in total. The summed E-state index contributed by atoms with van der Waals surface area (Å²) in [5.74, 6) is -0.00589. The van der Waals surface area contributed by atoms with Gasteiger partial charge < -0.3 is 14.2 Å². The number of rotatable bonds is 4. The van der Waals surface area contributed by atoms with Crippen LogP contribution in [0.1, 0.15) is 26.2 Å². The van der Waals surface area contributed by atoms with Gasteiger partial charge in [0.25, 0.3) is 0 Å². The predicted molar refractivity (Wildman–Crippen MR) is 66.1 cm³/mol. The number of likely N-dealkylation sites (tertiary alicyclic amines) is 1. The third kappa shape index (κ3) is 3.93. The summed E-state index contributed by atoms with van der Waals surface area (Å²) >= 11 is 0. The van der Waals surface area contributed by atoms with E-state index in [2.05, 4.69) is 4.90 Å². The lowest BCUT2D eigenvalue weighted by atomic mass is 9.98. The molecule has 2 rings (SSSR count). The van der Waals surface area contributed by atoms with Crippen LogP contribution in [0.3, 0.4) is 0 Å². The van der Waals surface area contributed by atoms with E-state index < -0.39 is 0 Å². The summed E-state index contributed by atoms with van der Waals surface area (Å²) in [4.78, 5) is 14.1. The number of hydrogen-bond acceptors (Lipinski definition) is 5. The van der Waals surface area contributed by atoms with Crippen molar-refractivity contribution in [3.05, 3.63) is 0 Å². The maximum Gasteiger partial charge on any atom is 0.310 e. The van der Waals surface area contributed by atoms with Crippen LogP contribution in [0.4, 0.5) is 0 Å². The zero-order valence-electron chi connectivity index (χ0n) is 11.1. The molecule has 2 saturated heterocycles. The van der Waals surface area contributed by atoms with Crippen molar-refractivity contribution in [3.8, 4) is 0 Å². The van der Waals surface area contributed by atoms with Crippen molar-refractivity contribution in [3.63, 3.8) is 0 Å². The van der Waals surface area contributed by atoms with Gasteiger partial charge in [0.1, 0.15) is 6.79 Å². The van der Waals surface area contributed by atoms with Crippen molar-refractivity contribution in [2.45, 2.75) is 32.3 Å². The number of ether oxygens (including phenoxy) is 3. The SMILES string of the molecule is CCOC(=O)[C@H]1CCCN(CC2CCOCO2)C1. The van der Waals surface area contributed by atoms with E-state index in [1.54, 1.807) is 0 Å². The molecule has 0 N–H and O–H groups in total. The van der Waals surface area contributed by atoms with Gasteiger partial charge in [-0.3, -0.25) is 9.69 Å². The summed E-state index contributed by atoms with van der Waals surface area (Å²) < 4.78 is 15.8. The van der Waals surface area contributed by atoms with Crippen molar-refractivity contribution >= 4 is 5.97 Å². The second-order valence-electron chi connectivity index (χ2n) is 4.95. The minimum atomic E-state index is -0.0462. The first-order chi connectivity index (χ1) is 8.79. The smallest absolute Gasteiger partial charge is 0.310 e. The average Bonchev–Trinajstić information content (AvgIpc) is 2.40. The van der Waals surface area contributed by atoms with Gasteiger partial charge in [0.05, 0.1) is 25.2 Å². The van der Waals surface area contributed by atoms with E-state index in [1.807, 2.05) is 6.92 Å². The Hall–Kier alpha value is -0.650. The zero-order valence-corrected chi connectivity index (χ0v) is 11.1. The van der Waals surface area contributed by atoms with Crippen LogP contribution in [0.25, 0.3) is 0 Å². The number of carbonyl (C=O) groups is 1. The van der Waals surface area contributed by atoms with E-state index in [-0.39, 0.29) is 18.0 Å². The molecule has 2 heterocycles. The van der Waals surface area contributed by atoms with Crippen LogP contribution in [-0.4, -0.2) is 56.6 Å². The molecule has 2 aliphatic rings. The van der Waals surface area contributed by atoms with Gasteiger partial charge >= 0.3 is 5.97 Å². The first-order valence-electron chi connectivity index (χ1n) is 6.88. The van der Waals surface area contributed by atoms with Crippen LogP contribution in [0, 0.1) is 5.92 Å². The Morgan fingerprint density at radius 2 is 2.33 bits per heavy atom. The van der Waals surface area contributed by atoms with Crippen LogP contribution in [0.5, 0.6) is 0 Å². The van der Waals surface area contributed by atoms with Crippen molar-refractivity contribution < 1.29 is 19.0 Å². The molecule has 0 aliphatic carbocycles. The van der Waals surface area contributed by atoms with Gasteiger partial charge in [0, 0.05) is 13.1 Å². The summed E-state index contributed by atoms with van der Waals surface area (Å²) in [5, 5.41) is 0. The Balaban J connectivity index is 1.77. The van der Waals surface area contributed by atoms with Gasteiger partial charge in [-0.05, 0) is 32.7 Å².